The van der Waals surface area contributed by atoms with Crippen LogP contribution in [0, 0.1) is 11.6 Å². The molecule has 68 valence electrons. The van der Waals surface area contributed by atoms with E-state index in [-0.39, 0.29) is 18.1 Å². The van der Waals surface area contributed by atoms with E-state index >= 15 is 0 Å². The molecule has 5 heteroatoms. The van der Waals surface area contributed by atoms with E-state index in [4.69, 9.17) is 5.73 Å². The standard InChI is InChI=1S/C7H8F2N2.ClH/c1-4(10)7-6(9)2-5(8)3-11-7;/h2-4H,10H2,1H3;1H. The van der Waals surface area contributed by atoms with Crippen LogP contribution in [0.25, 0.3) is 0 Å². The quantitative estimate of drug-likeness (QED) is 0.741. The molecular formula is C7H9ClF2N2. The molecule has 1 aromatic rings. The molecule has 0 aliphatic heterocycles. The molecule has 0 radical (unpaired) electrons. The molecule has 1 atom stereocenters. The topological polar surface area (TPSA) is 38.9 Å². The minimum absolute atomic E-state index is 0. The summed E-state index contributed by atoms with van der Waals surface area (Å²) in [7, 11) is 0. The molecule has 0 spiro atoms. The van der Waals surface area contributed by atoms with Crippen LogP contribution in [-0.4, -0.2) is 4.98 Å². The molecule has 12 heavy (non-hydrogen) atoms. The highest BCUT2D eigenvalue weighted by Crippen LogP contribution is 2.11. The maximum atomic E-state index is 12.7. The van der Waals surface area contributed by atoms with Crippen LogP contribution in [0.1, 0.15) is 18.7 Å². The zero-order valence-electron chi connectivity index (χ0n) is 6.42. The van der Waals surface area contributed by atoms with Gasteiger partial charge in [-0.15, -0.1) is 12.4 Å². The van der Waals surface area contributed by atoms with Gasteiger partial charge in [0.05, 0.1) is 11.9 Å². The van der Waals surface area contributed by atoms with Crippen molar-refractivity contribution in [3.63, 3.8) is 0 Å². The van der Waals surface area contributed by atoms with E-state index in [0.717, 1.165) is 12.3 Å². The largest absolute Gasteiger partial charge is 0.323 e. The van der Waals surface area contributed by atoms with Crippen molar-refractivity contribution in [1.29, 1.82) is 0 Å². The number of hydrogen-bond donors (Lipinski definition) is 1. The fourth-order valence-corrected chi connectivity index (χ4v) is 0.760. The maximum absolute atomic E-state index is 12.7. The van der Waals surface area contributed by atoms with Crippen molar-refractivity contribution in [2.24, 2.45) is 5.73 Å². The third kappa shape index (κ3) is 2.39. The molecule has 0 aliphatic carbocycles. The third-order valence-electron chi connectivity index (χ3n) is 1.27. The second-order valence-electron chi connectivity index (χ2n) is 2.31. The summed E-state index contributed by atoms with van der Waals surface area (Å²) < 4.78 is 25.0. The van der Waals surface area contributed by atoms with Crippen LogP contribution in [0.5, 0.6) is 0 Å². The highest BCUT2D eigenvalue weighted by Gasteiger charge is 2.08. The van der Waals surface area contributed by atoms with Crippen molar-refractivity contribution in [3.8, 4) is 0 Å². The number of nitrogens with two attached hydrogens (primary N) is 1. The minimum atomic E-state index is -0.694. The van der Waals surface area contributed by atoms with Gasteiger partial charge in [0.25, 0.3) is 0 Å². The molecule has 0 bridgehead atoms. The van der Waals surface area contributed by atoms with Gasteiger partial charge in [-0.1, -0.05) is 0 Å². The molecule has 1 unspecified atom stereocenters. The van der Waals surface area contributed by atoms with Crippen LogP contribution in [0.3, 0.4) is 0 Å². The maximum Gasteiger partial charge on any atom is 0.149 e. The summed E-state index contributed by atoms with van der Waals surface area (Å²) in [6, 6.07) is 0.265. The summed E-state index contributed by atoms with van der Waals surface area (Å²) in [6.45, 7) is 1.59. The lowest BCUT2D eigenvalue weighted by atomic mass is 10.2. The molecule has 0 aliphatic rings. The molecule has 2 nitrogen and oxygen atoms in total. The van der Waals surface area contributed by atoms with Crippen molar-refractivity contribution in [3.05, 3.63) is 29.6 Å². The average Bonchev–Trinajstić information content (AvgIpc) is 1.85. The smallest absolute Gasteiger partial charge is 0.149 e. The Kier molecular flexibility index (Phi) is 4.06. The Bertz CT molecular complexity index is 266. The minimum Gasteiger partial charge on any atom is -0.323 e. The first-order valence-electron chi connectivity index (χ1n) is 3.18. The summed E-state index contributed by atoms with van der Waals surface area (Å²) >= 11 is 0. The van der Waals surface area contributed by atoms with E-state index in [0.29, 0.717) is 0 Å². The van der Waals surface area contributed by atoms with Crippen LogP contribution < -0.4 is 5.73 Å². The van der Waals surface area contributed by atoms with Crippen molar-refractivity contribution in [2.45, 2.75) is 13.0 Å². The Balaban J connectivity index is 0.00000121. The first-order chi connectivity index (χ1) is 5.11. The number of rotatable bonds is 1. The summed E-state index contributed by atoms with van der Waals surface area (Å²) in [5.74, 6) is -1.38. The Morgan fingerprint density at radius 2 is 2.08 bits per heavy atom. The molecule has 0 fully saturated rings. The molecule has 1 rings (SSSR count). The molecule has 0 saturated heterocycles. The van der Waals surface area contributed by atoms with E-state index in [1.807, 2.05) is 0 Å². The van der Waals surface area contributed by atoms with Gasteiger partial charge in [-0.2, -0.15) is 0 Å². The number of hydrogen-bond acceptors (Lipinski definition) is 2. The average molecular weight is 195 g/mol. The van der Waals surface area contributed by atoms with Crippen LogP contribution in [0.15, 0.2) is 12.3 Å². The van der Waals surface area contributed by atoms with Gasteiger partial charge in [-0.25, -0.2) is 8.78 Å². The van der Waals surface area contributed by atoms with Crippen LogP contribution >= 0.6 is 12.4 Å². The van der Waals surface area contributed by atoms with Gasteiger partial charge in [0, 0.05) is 12.1 Å². The van der Waals surface area contributed by atoms with Crippen molar-refractivity contribution in [2.75, 3.05) is 0 Å². The monoisotopic (exact) mass is 194 g/mol. The molecule has 0 saturated carbocycles. The molecule has 1 heterocycles. The number of nitrogens with zero attached hydrogens (tertiary/aromatic N) is 1. The fraction of sp³-hybridized carbons (Fsp3) is 0.286. The number of halogens is 3. The second-order valence-corrected chi connectivity index (χ2v) is 2.31. The van der Waals surface area contributed by atoms with E-state index in [1.54, 1.807) is 6.92 Å². The molecule has 2 N–H and O–H groups in total. The van der Waals surface area contributed by atoms with Crippen LogP contribution in [0.2, 0.25) is 0 Å². The van der Waals surface area contributed by atoms with Crippen LogP contribution in [0.4, 0.5) is 8.78 Å². The van der Waals surface area contributed by atoms with E-state index < -0.39 is 17.7 Å². The van der Waals surface area contributed by atoms with Gasteiger partial charge in [0.2, 0.25) is 0 Å². The van der Waals surface area contributed by atoms with E-state index in [1.165, 1.54) is 0 Å². The van der Waals surface area contributed by atoms with Gasteiger partial charge in [-0.05, 0) is 6.92 Å². The Hall–Kier alpha value is -0.740. The lowest BCUT2D eigenvalue weighted by Gasteiger charge is -2.04. The zero-order chi connectivity index (χ0) is 8.43. The predicted octanol–water partition coefficient (Wildman–Crippen LogP) is 1.80. The lowest BCUT2D eigenvalue weighted by Crippen LogP contribution is -2.09. The first kappa shape index (κ1) is 11.3. The summed E-state index contributed by atoms with van der Waals surface area (Å²) in [5.41, 5.74) is 5.43. The van der Waals surface area contributed by atoms with Crippen molar-refractivity contribution < 1.29 is 8.78 Å². The lowest BCUT2D eigenvalue weighted by molar-refractivity contribution is 0.545. The van der Waals surface area contributed by atoms with Crippen molar-refractivity contribution >= 4 is 12.4 Å². The van der Waals surface area contributed by atoms with E-state index in [9.17, 15) is 8.78 Å². The van der Waals surface area contributed by atoms with Crippen LogP contribution in [-0.2, 0) is 0 Å². The van der Waals surface area contributed by atoms with Gasteiger partial charge in [-0.3, -0.25) is 4.98 Å². The summed E-state index contributed by atoms with van der Waals surface area (Å²) in [6.07, 6.45) is 0.946. The predicted molar refractivity (Wildman–Crippen MR) is 44.0 cm³/mol. The Morgan fingerprint density at radius 1 is 1.50 bits per heavy atom. The third-order valence-corrected chi connectivity index (χ3v) is 1.27. The summed E-state index contributed by atoms with van der Waals surface area (Å²) in [5, 5.41) is 0. The van der Waals surface area contributed by atoms with Crippen molar-refractivity contribution in [1.82, 2.24) is 4.98 Å². The first-order valence-corrected chi connectivity index (χ1v) is 3.18. The van der Waals surface area contributed by atoms with Gasteiger partial charge in [0.15, 0.2) is 0 Å². The molecular weight excluding hydrogens is 186 g/mol. The molecule has 0 aromatic carbocycles. The zero-order valence-corrected chi connectivity index (χ0v) is 7.24. The second kappa shape index (κ2) is 4.33. The van der Waals surface area contributed by atoms with E-state index in [2.05, 4.69) is 4.98 Å². The number of pyridine rings is 1. The Labute approximate surface area is 75.2 Å². The highest BCUT2D eigenvalue weighted by atomic mass is 35.5. The summed E-state index contributed by atoms with van der Waals surface area (Å²) in [4.78, 5) is 3.50. The molecule has 0 amide bonds. The van der Waals surface area contributed by atoms with Gasteiger partial charge < -0.3 is 5.73 Å². The van der Waals surface area contributed by atoms with Gasteiger partial charge in [0.1, 0.15) is 11.6 Å². The molecule has 1 aromatic heterocycles. The highest BCUT2D eigenvalue weighted by molar-refractivity contribution is 5.85. The normalized spacial score (nSPS) is 12.0. The SMILES string of the molecule is CC(N)c1ncc(F)cc1F.Cl. The van der Waals surface area contributed by atoms with Gasteiger partial charge >= 0.3 is 0 Å². The Morgan fingerprint density at radius 3 is 2.50 bits per heavy atom. The number of aromatic nitrogens is 1. The fourth-order valence-electron chi connectivity index (χ4n) is 0.760.